The van der Waals surface area contributed by atoms with Crippen molar-refractivity contribution < 1.29 is 14.7 Å². The third-order valence-corrected chi connectivity index (χ3v) is 3.25. The van der Waals surface area contributed by atoms with E-state index in [9.17, 15) is 9.59 Å². The van der Waals surface area contributed by atoms with Crippen molar-refractivity contribution in [2.45, 2.75) is 20.4 Å². The lowest BCUT2D eigenvalue weighted by molar-refractivity contribution is -0.111. The Morgan fingerprint density at radius 3 is 2.68 bits per heavy atom. The molecule has 0 unspecified atom stereocenters. The van der Waals surface area contributed by atoms with Crippen molar-refractivity contribution in [2.75, 3.05) is 5.32 Å². The SMILES string of the molecule is CCn1ncc(/C=C/C(=O)Nc2cnn(C)c2C(=O)O)c1C. The molecule has 0 fully saturated rings. The molecule has 0 saturated carbocycles. The molecular weight excluding hydrogens is 286 g/mol. The maximum Gasteiger partial charge on any atom is 0.356 e. The summed E-state index contributed by atoms with van der Waals surface area (Å²) in [7, 11) is 1.50. The Labute approximate surface area is 127 Å². The van der Waals surface area contributed by atoms with Crippen LogP contribution in [0.4, 0.5) is 5.69 Å². The molecule has 22 heavy (non-hydrogen) atoms. The van der Waals surface area contributed by atoms with Crippen LogP contribution >= 0.6 is 0 Å². The Morgan fingerprint density at radius 2 is 2.09 bits per heavy atom. The Hall–Kier alpha value is -2.90. The van der Waals surface area contributed by atoms with E-state index < -0.39 is 11.9 Å². The second-order valence-electron chi connectivity index (χ2n) is 4.66. The molecule has 2 N–H and O–H groups in total. The Kier molecular flexibility index (Phi) is 4.40. The molecule has 0 radical (unpaired) electrons. The van der Waals surface area contributed by atoms with Crippen molar-refractivity contribution in [1.82, 2.24) is 19.6 Å². The first-order chi connectivity index (χ1) is 10.4. The molecular formula is C14H17N5O3. The summed E-state index contributed by atoms with van der Waals surface area (Å²) in [6, 6.07) is 0. The van der Waals surface area contributed by atoms with Crippen LogP contribution in [0, 0.1) is 6.92 Å². The fourth-order valence-corrected chi connectivity index (χ4v) is 2.07. The molecule has 0 saturated heterocycles. The van der Waals surface area contributed by atoms with Gasteiger partial charge in [-0.3, -0.25) is 14.2 Å². The first kappa shape index (κ1) is 15.5. The number of aryl methyl sites for hydroxylation is 2. The zero-order valence-electron chi connectivity index (χ0n) is 12.6. The quantitative estimate of drug-likeness (QED) is 0.810. The highest BCUT2D eigenvalue weighted by Crippen LogP contribution is 2.14. The van der Waals surface area contributed by atoms with Gasteiger partial charge in [-0.1, -0.05) is 0 Å². The minimum atomic E-state index is -1.15. The van der Waals surface area contributed by atoms with Crippen molar-refractivity contribution in [2.24, 2.45) is 7.05 Å². The van der Waals surface area contributed by atoms with Crippen molar-refractivity contribution in [3.8, 4) is 0 Å². The molecule has 0 aliphatic rings. The van der Waals surface area contributed by atoms with Crippen molar-refractivity contribution >= 4 is 23.6 Å². The van der Waals surface area contributed by atoms with Gasteiger partial charge in [0, 0.05) is 30.9 Å². The lowest BCUT2D eigenvalue weighted by Crippen LogP contribution is -2.13. The molecule has 0 aliphatic heterocycles. The standard InChI is InChI=1S/C14H17N5O3/c1-4-19-9(2)10(7-16-19)5-6-12(20)17-11-8-15-18(3)13(11)14(21)22/h5-8H,4H2,1-3H3,(H,17,20)(H,21,22)/b6-5+. The number of aromatic carboxylic acids is 1. The van der Waals surface area contributed by atoms with Crippen molar-refractivity contribution in [3.05, 3.63) is 35.4 Å². The molecule has 0 bridgehead atoms. The largest absolute Gasteiger partial charge is 0.476 e. The molecule has 2 heterocycles. The number of hydrogen-bond donors (Lipinski definition) is 2. The second-order valence-corrected chi connectivity index (χ2v) is 4.66. The van der Waals surface area contributed by atoms with Gasteiger partial charge in [-0.25, -0.2) is 4.79 Å². The molecule has 0 atom stereocenters. The van der Waals surface area contributed by atoms with Gasteiger partial charge in [0.2, 0.25) is 5.91 Å². The van der Waals surface area contributed by atoms with Crippen LogP contribution in [0.2, 0.25) is 0 Å². The molecule has 0 aliphatic carbocycles. The zero-order valence-corrected chi connectivity index (χ0v) is 12.6. The van der Waals surface area contributed by atoms with E-state index in [2.05, 4.69) is 15.5 Å². The van der Waals surface area contributed by atoms with Crippen LogP contribution in [0.1, 0.15) is 28.7 Å². The number of anilines is 1. The number of carbonyl (C=O) groups excluding carboxylic acids is 1. The average molecular weight is 303 g/mol. The predicted molar refractivity (Wildman–Crippen MR) is 80.5 cm³/mol. The van der Waals surface area contributed by atoms with Crippen LogP contribution < -0.4 is 5.32 Å². The molecule has 8 nitrogen and oxygen atoms in total. The lowest BCUT2D eigenvalue weighted by atomic mass is 10.2. The van der Waals surface area contributed by atoms with Gasteiger partial charge in [0.1, 0.15) is 0 Å². The van der Waals surface area contributed by atoms with Crippen LogP contribution in [0.5, 0.6) is 0 Å². The van der Waals surface area contributed by atoms with Gasteiger partial charge in [-0.2, -0.15) is 10.2 Å². The summed E-state index contributed by atoms with van der Waals surface area (Å²) in [6.45, 7) is 4.65. The van der Waals surface area contributed by atoms with E-state index in [0.29, 0.717) is 0 Å². The topological polar surface area (TPSA) is 102 Å². The van der Waals surface area contributed by atoms with E-state index in [1.165, 1.54) is 24.0 Å². The molecule has 1 amide bonds. The molecule has 0 aromatic carbocycles. The van der Waals surface area contributed by atoms with Gasteiger partial charge in [0.15, 0.2) is 5.69 Å². The van der Waals surface area contributed by atoms with Gasteiger partial charge < -0.3 is 10.4 Å². The molecule has 8 heteroatoms. The average Bonchev–Trinajstić information content (AvgIpc) is 3.00. The number of amides is 1. The zero-order chi connectivity index (χ0) is 16.3. The van der Waals surface area contributed by atoms with Gasteiger partial charge in [0.05, 0.1) is 18.1 Å². The van der Waals surface area contributed by atoms with Crippen LogP contribution in [0.3, 0.4) is 0 Å². The van der Waals surface area contributed by atoms with E-state index >= 15 is 0 Å². The van der Waals surface area contributed by atoms with E-state index in [0.717, 1.165) is 17.8 Å². The number of nitrogens with one attached hydrogen (secondary N) is 1. The summed E-state index contributed by atoms with van der Waals surface area (Å²) < 4.78 is 3.01. The van der Waals surface area contributed by atoms with Crippen LogP contribution in [-0.4, -0.2) is 36.5 Å². The van der Waals surface area contributed by atoms with Gasteiger partial charge in [-0.05, 0) is 19.9 Å². The Morgan fingerprint density at radius 1 is 1.36 bits per heavy atom. The number of carbonyl (C=O) groups is 2. The monoisotopic (exact) mass is 303 g/mol. The van der Waals surface area contributed by atoms with Crippen LogP contribution in [0.25, 0.3) is 6.08 Å². The van der Waals surface area contributed by atoms with Gasteiger partial charge in [0.25, 0.3) is 0 Å². The van der Waals surface area contributed by atoms with Crippen LogP contribution in [-0.2, 0) is 18.4 Å². The number of hydrogen-bond acceptors (Lipinski definition) is 4. The van der Waals surface area contributed by atoms with Crippen molar-refractivity contribution in [1.29, 1.82) is 0 Å². The first-order valence-electron chi connectivity index (χ1n) is 6.70. The molecule has 2 rings (SSSR count). The molecule has 116 valence electrons. The summed E-state index contributed by atoms with van der Waals surface area (Å²) in [4.78, 5) is 23.0. The highest BCUT2D eigenvalue weighted by molar-refractivity contribution is 6.05. The van der Waals surface area contributed by atoms with E-state index in [4.69, 9.17) is 5.11 Å². The van der Waals surface area contributed by atoms with Crippen LogP contribution in [0.15, 0.2) is 18.5 Å². The number of nitrogens with zero attached hydrogens (tertiary/aromatic N) is 4. The summed E-state index contributed by atoms with van der Waals surface area (Å²) >= 11 is 0. The third kappa shape index (κ3) is 3.05. The lowest BCUT2D eigenvalue weighted by Gasteiger charge is -2.02. The predicted octanol–water partition coefficient (Wildman–Crippen LogP) is 1.30. The Bertz CT molecular complexity index is 742. The molecule has 0 spiro atoms. The van der Waals surface area contributed by atoms with Gasteiger partial charge >= 0.3 is 5.97 Å². The minimum absolute atomic E-state index is 0.0725. The smallest absolute Gasteiger partial charge is 0.356 e. The number of carboxylic acid groups (broad SMARTS) is 1. The number of rotatable bonds is 5. The fraction of sp³-hybridized carbons (Fsp3) is 0.286. The molecule has 2 aromatic heterocycles. The normalized spacial score (nSPS) is 11.0. The van der Waals surface area contributed by atoms with E-state index in [-0.39, 0.29) is 11.4 Å². The van der Waals surface area contributed by atoms with Crippen molar-refractivity contribution in [3.63, 3.8) is 0 Å². The summed E-state index contributed by atoms with van der Waals surface area (Å²) in [5.74, 6) is -1.58. The van der Waals surface area contributed by atoms with E-state index in [1.807, 2.05) is 18.5 Å². The Balaban J connectivity index is 2.12. The maximum absolute atomic E-state index is 11.9. The highest BCUT2D eigenvalue weighted by atomic mass is 16.4. The summed E-state index contributed by atoms with van der Waals surface area (Å²) in [6.07, 6.45) is 5.95. The number of carboxylic acids is 1. The number of aromatic nitrogens is 4. The fourth-order valence-electron chi connectivity index (χ4n) is 2.07. The second kappa shape index (κ2) is 6.25. The highest BCUT2D eigenvalue weighted by Gasteiger charge is 2.16. The minimum Gasteiger partial charge on any atom is -0.476 e. The van der Waals surface area contributed by atoms with Gasteiger partial charge in [-0.15, -0.1) is 0 Å². The molecule has 2 aromatic rings. The third-order valence-electron chi connectivity index (χ3n) is 3.25. The summed E-state index contributed by atoms with van der Waals surface area (Å²) in [5.41, 5.74) is 1.88. The van der Waals surface area contributed by atoms with E-state index in [1.54, 1.807) is 12.3 Å². The maximum atomic E-state index is 11.9. The first-order valence-corrected chi connectivity index (χ1v) is 6.70. The summed E-state index contributed by atoms with van der Waals surface area (Å²) in [5, 5.41) is 19.6.